The van der Waals surface area contributed by atoms with Crippen LogP contribution in [0, 0.1) is 0 Å². The van der Waals surface area contributed by atoms with Gasteiger partial charge in [-0.3, -0.25) is 0 Å². The third kappa shape index (κ3) is 3.65. The van der Waals surface area contributed by atoms with Gasteiger partial charge in [0.2, 0.25) is 11.8 Å². The molecule has 0 aromatic carbocycles. The molecule has 0 aliphatic carbocycles. The number of rotatable bonds is 6. The lowest BCUT2D eigenvalue weighted by Crippen LogP contribution is -2.16. The fourth-order valence-corrected chi connectivity index (χ4v) is 1.27. The van der Waals surface area contributed by atoms with Crippen molar-refractivity contribution in [1.82, 2.24) is 9.78 Å². The number of aromatic nitrogens is 2. The Labute approximate surface area is 100 Å². The maximum Gasteiger partial charge on any atom is 0.344 e. The van der Waals surface area contributed by atoms with Crippen molar-refractivity contribution in [3.8, 4) is 11.8 Å². The Morgan fingerprint density at radius 2 is 2.24 bits per heavy atom. The van der Waals surface area contributed by atoms with Gasteiger partial charge in [-0.25, -0.2) is 9.48 Å². The number of esters is 1. The molecule has 0 saturated carbocycles. The lowest BCUT2D eigenvalue weighted by atomic mass is 10.4. The van der Waals surface area contributed by atoms with E-state index in [9.17, 15) is 4.79 Å². The minimum Gasteiger partial charge on any atom is -0.480 e. The van der Waals surface area contributed by atoms with Crippen molar-refractivity contribution >= 4 is 5.97 Å². The van der Waals surface area contributed by atoms with Crippen molar-refractivity contribution in [3.05, 3.63) is 6.07 Å². The van der Waals surface area contributed by atoms with E-state index in [0.717, 1.165) is 0 Å². The molecule has 6 heteroatoms. The minimum absolute atomic E-state index is 0.121. The summed E-state index contributed by atoms with van der Waals surface area (Å²) in [6.07, 6.45) is 0. The molecule has 0 aliphatic heterocycles. The first kappa shape index (κ1) is 13.3. The van der Waals surface area contributed by atoms with Crippen LogP contribution in [0.4, 0.5) is 0 Å². The van der Waals surface area contributed by atoms with Gasteiger partial charge in [-0.05, 0) is 20.8 Å². The standard InChI is InChI=1S/C11H18N2O4/c1-5-16-11(14)7-17-10-6-9(15-4)12-13(10)8(2)3/h6,8H,5,7H2,1-4H3. The van der Waals surface area contributed by atoms with E-state index in [1.807, 2.05) is 13.8 Å². The average Bonchev–Trinajstić information content (AvgIpc) is 2.70. The lowest BCUT2D eigenvalue weighted by molar-refractivity contribution is -0.145. The van der Waals surface area contributed by atoms with Gasteiger partial charge in [0.25, 0.3) is 0 Å². The predicted octanol–water partition coefficient (Wildman–Crippen LogP) is 1.41. The van der Waals surface area contributed by atoms with Gasteiger partial charge in [0.1, 0.15) is 0 Å². The number of carbonyl (C=O) groups excluding carboxylic acids is 1. The van der Waals surface area contributed by atoms with Gasteiger partial charge in [-0.1, -0.05) is 0 Å². The van der Waals surface area contributed by atoms with Crippen molar-refractivity contribution in [2.75, 3.05) is 20.3 Å². The molecular weight excluding hydrogens is 224 g/mol. The molecule has 0 unspecified atom stereocenters. The molecule has 1 rings (SSSR count). The highest BCUT2D eigenvalue weighted by Gasteiger charge is 2.13. The molecule has 0 fully saturated rings. The second kappa shape index (κ2) is 6.12. The highest BCUT2D eigenvalue weighted by Crippen LogP contribution is 2.22. The number of ether oxygens (including phenoxy) is 3. The fraction of sp³-hybridized carbons (Fsp3) is 0.636. The van der Waals surface area contributed by atoms with E-state index in [1.54, 1.807) is 17.7 Å². The quantitative estimate of drug-likeness (QED) is 0.706. The zero-order valence-corrected chi connectivity index (χ0v) is 10.6. The van der Waals surface area contributed by atoms with E-state index in [1.165, 1.54) is 7.11 Å². The molecule has 0 bridgehead atoms. The Kier molecular flexibility index (Phi) is 4.81. The molecule has 1 heterocycles. The average molecular weight is 242 g/mol. The zero-order valence-electron chi connectivity index (χ0n) is 10.6. The Hall–Kier alpha value is -1.72. The molecule has 6 nitrogen and oxygen atoms in total. The van der Waals surface area contributed by atoms with E-state index in [-0.39, 0.29) is 12.6 Å². The van der Waals surface area contributed by atoms with Crippen molar-refractivity contribution in [3.63, 3.8) is 0 Å². The van der Waals surface area contributed by atoms with Gasteiger partial charge in [-0.2, -0.15) is 0 Å². The van der Waals surface area contributed by atoms with E-state index in [2.05, 4.69) is 5.10 Å². The summed E-state index contributed by atoms with van der Waals surface area (Å²) in [5.41, 5.74) is 0. The largest absolute Gasteiger partial charge is 0.480 e. The first-order valence-corrected chi connectivity index (χ1v) is 5.50. The van der Waals surface area contributed by atoms with Crippen LogP contribution in [0.3, 0.4) is 0 Å². The second-order valence-corrected chi connectivity index (χ2v) is 3.66. The summed E-state index contributed by atoms with van der Waals surface area (Å²) in [5, 5.41) is 4.17. The monoisotopic (exact) mass is 242 g/mol. The van der Waals surface area contributed by atoms with Crippen molar-refractivity contribution in [1.29, 1.82) is 0 Å². The maximum atomic E-state index is 11.2. The molecule has 0 atom stereocenters. The van der Waals surface area contributed by atoms with Crippen LogP contribution in [0.15, 0.2) is 6.07 Å². The van der Waals surface area contributed by atoms with Crippen LogP contribution in [0.5, 0.6) is 11.8 Å². The Morgan fingerprint density at radius 1 is 1.53 bits per heavy atom. The summed E-state index contributed by atoms with van der Waals surface area (Å²) in [6, 6.07) is 1.76. The van der Waals surface area contributed by atoms with Gasteiger partial charge < -0.3 is 14.2 Å². The molecule has 0 saturated heterocycles. The molecule has 0 amide bonds. The SMILES string of the molecule is CCOC(=O)COc1cc(OC)nn1C(C)C. The van der Waals surface area contributed by atoms with Crippen LogP contribution in [0.1, 0.15) is 26.8 Å². The Bertz CT molecular complexity index is 374. The topological polar surface area (TPSA) is 62.6 Å². The van der Waals surface area contributed by atoms with Gasteiger partial charge in [0, 0.05) is 0 Å². The lowest BCUT2D eigenvalue weighted by Gasteiger charge is -2.10. The molecule has 1 aromatic heterocycles. The van der Waals surface area contributed by atoms with E-state index in [0.29, 0.717) is 18.4 Å². The first-order chi connectivity index (χ1) is 8.08. The molecule has 0 aliphatic rings. The number of carbonyl (C=O) groups is 1. The summed E-state index contributed by atoms with van der Waals surface area (Å²) in [6.45, 7) is 5.89. The summed E-state index contributed by atoms with van der Waals surface area (Å²) in [7, 11) is 1.53. The molecule has 0 spiro atoms. The fourth-order valence-electron chi connectivity index (χ4n) is 1.27. The van der Waals surface area contributed by atoms with E-state index < -0.39 is 5.97 Å². The van der Waals surface area contributed by atoms with Crippen molar-refractivity contribution in [2.45, 2.75) is 26.8 Å². The molecule has 0 radical (unpaired) electrons. The van der Waals surface area contributed by atoms with Crippen LogP contribution >= 0.6 is 0 Å². The number of methoxy groups -OCH3 is 1. The van der Waals surface area contributed by atoms with Crippen LogP contribution in [0.25, 0.3) is 0 Å². The van der Waals surface area contributed by atoms with E-state index in [4.69, 9.17) is 14.2 Å². The summed E-state index contributed by atoms with van der Waals surface area (Å²) >= 11 is 0. The third-order valence-electron chi connectivity index (χ3n) is 2.02. The first-order valence-electron chi connectivity index (χ1n) is 5.50. The predicted molar refractivity (Wildman–Crippen MR) is 61.3 cm³/mol. The number of hydrogen-bond donors (Lipinski definition) is 0. The van der Waals surface area contributed by atoms with Crippen LogP contribution in [0.2, 0.25) is 0 Å². The van der Waals surface area contributed by atoms with Gasteiger partial charge in [-0.15, -0.1) is 5.10 Å². The molecule has 96 valence electrons. The number of hydrogen-bond acceptors (Lipinski definition) is 5. The van der Waals surface area contributed by atoms with Crippen LogP contribution < -0.4 is 9.47 Å². The smallest absolute Gasteiger partial charge is 0.344 e. The maximum absolute atomic E-state index is 11.2. The molecular formula is C11H18N2O4. The summed E-state index contributed by atoms with van der Waals surface area (Å²) in [4.78, 5) is 11.2. The minimum atomic E-state index is -0.400. The molecule has 0 N–H and O–H groups in total. The van der Waals surface area contributed by atoms with Gasteiger partial charge in [0.15, 0.2) is 6.61 Å². The van der Waals surface area contributed by atoms with Gasteiger partial charge >= 0.3 is 5.97 Å². The van der Waals surface area contributed by atoms with Crippen LogP contribution in [-0.2, 0) is 9.53 Å². The van der Waals surface area contributed by atoms with E-state index >= 15 is 0 Å². The highest BCUT2D eigenvalue weighted by molar-refractivity contribution is 5.70. The van der Waals surface area contributed by atoms with Gasteiger partial charge in [0.05, 0.1) is 25.8 Å². The molecule has 1 aromatic rings. The normalized spacial score (nSPS) is 10.4. The zero-order chi connectivity index (χ0) is 12.8. The summed E-state index contributed by atoms with van der Waals surface area (Å²) in [5.74, 6) is 0.547. The molecule has 17 heavy (non-hydrogen) atoms. The number of nitrogens with zero attached hydrogens (tertiary/aromatic N) is 2. The van der Waals surface area contributed by atoms with Crippen molar-refractivity contribution in [2.24, 2.45) is 0 Å². The van der Waals surface area contributed by atoms with Crippen LogP contribution in [-0.4, -0.2) is 36.1 Å². The second-order valence-electron chi connectivity index (χ2n) is 3.66. The third-order valence-corrected chi connectivity index (χ3v) is 2.02. The summed E-state index contributed by atoms with van der Waals surface area (Å²) < 4.78 is 16.8. The Morgan fingerprint density at radius 3 is 2.76 bits per heavy atom. The highest BCUT2D eigenvalue weighted by atomic mass is 16.6. The van der Waals surface area contributed by atoms with Crippen molar-refractivity contribution < 1.29 is 19.0 Å². The Balaban J connectivity index is 2.68.